The van der Waals surface area contributed by atoms with Crippen LogP contribution in [0.4, 0.5) is 0 Å². The number of Topliss-reactive ketones (excluding diaryl/α,β-unsaturated/α-hetero) is 2. The number of hydrogen-bond donors (Lipinski definition) is 0. The SMILES string of the molecule is CCCC(=O)C(C)C(C)C(=O)CCC. The maximum absolute atomic E-state index is 11.5. The summed E-state index contributed by atoms with van der Waals surface area (Å²) in [4.78, 5) is 23.1. The van der Waals surface area contributed by atoms with Crippen molar-refractivity contribution in [3.8, 4) is 0 Å². The number of hydrogen-bond acceptors (Lipinski definition) is 2. The molecule has 14 heavy (non-hydrogen) atoms. The van der Waals surface area contributed by atoms with Crippen molar-refractivity contribution in [2.75, 3.05) is 0 Å². The topological polar surface area (TPSA) is 34.1 Å². The summed E-state index contributed by atoms with van der Waals surface area (Å²) in [5.74, 6) is 0.247. The summed E-state index contributed by atoms with van der Waals surface area (Å²) in [6.07, 6.45) is 2.95. The van der Waals surface area contributed by atoms with Crippen molar-refractivity contribution in [3.63, 3.8) is 0 Å². The normalized spacial score (nSPS) is 14.9. The van der Waals surface area contributed by atoms with E-state index in [-0.39, 0.29) is 23.4 Å². The minimum absolute atomic E-state index is 0.103. The molecule has 0 bridgehead atoms. The molecule has 0 radical (unpaired) electrons. The van der Waals surface area contributed by atoms with Crippen LogP contribution in [0.15, 0.2) is 0 Å². The van der Waals surface area contributed by atoms with Gasteiger partial charge >= 0.3 is 0 Å². The summed E-state index contributed by atoms with van der Waals surface area (Å²) in [6.45, 7) is 7.72. The fourth-order valence-corrected chi connectivity index (χ4v) is 1.51. The molecular formula is C12H22O2. The minimum Gasteiger partial charge on any atom is -0.299 e. The number of carbonyl (C=O) groups is 2. The van der Waals surface area contributed by atoms with Crippen LogP contribution in [-0.4, -0.2) is 11.6 Å². The van der Waals surface area contributed by atoms with E-state index < -0.39 is 0 Å². The molecule has 0 aromatic rings. The Morgan fingerprint density at radius 1 is 0.857 bits per heavy atom. The highest BCUT2D eigenvalue weighted by Crippen LogP contribution is 2.17. The quantitative estimate of drug-likeness (QED) is 0.630. The van der Waals surface area contributed by atoms with Gasteiger partial charge < -0.3 is 0 Å². The zero-order chi connectivity index (χ0) is 11.1. The molecule has 82 valence electrons. The fraction of sp³-hybridized carbons (Fsp3) is 0.833. The average molecular weight is 198 g/mol. The third-order valence-corrected chi connectivity index (χ3v) is 2.76. The third-order valence-electron chi connectivity index (χ3n) is 2.76. The van der Waals surface area contributed by atoms with Gasteiger partial charge in [0.15, 0.2) is 0 Å². The molecule has 2 nitrogen and oxygen atoms in total. The van der Waals surface area contributed by atoms with Crippen molar-refractivity contribution in [1.82, 2.24) is 0 Å². The number of ketones is 2. The second-order valence-electron chi connectivity index (χ2n) is 4.01. The van der Waals surface area contributed by atoms with E-state index >= 15 is 0 Å². The van der Waals surface area contributed by atoms with E-state index in [1.165, 1.54) is 0 Å². The van der Waals surface area contributed by atoms with E-state index in [0.717, 1.165) is 12.8 Å². The summed E-state index contributed by atoms with van der Waals surface area (Å²) < 4.78 is 0. The summed E-state index contributed by atoms with van der Waals surface area (Å²) >= 11 is 0. The monoisotopic (exact) mass is 198 g/mol. The Kier molecular flexibility index (Phi) is 6.43. The molecule has 0 aliphatic heterocycles. The van der Waals surface area contributed by atoms with Crippen molar-refractivity contribution in [2.45, 2.75) is 53.4 Å². The zero-order valence-electron chi connectivity index (χ0n) is 9.80. The first kappa shape index (κ1) is 13.3. The van der Waals surface area contributed by atoms with Gasteiger partial charge in [-0.25, -0.2) is 0 Å². The predicted molar refractivity (Wildman–Crippen MR) is 58.2 cm³/mol. The van der Waals surface area contributed by atoms with E-state index in [9.17, 15) is 9.59 Å². The van der Waals surface area contributed by atoms with Gasteiger partial charge in [-0.3, -0.25) is 9.59 Å². The van der Waals surface area contributed by atoms with Crippen LogP contribution in [0.25, 0.3) is 0 Å². The summed E-state index contributed by atoms with van der Waals surface area (Å²) in [5.41, 5.74) is 0. The molecule has 0 N–H and O–H groups in total. The van der Waals surface area contributed by atoms with Crippen LogP contribution < -0.4 is 0 Å². The Balaban J connectivity index is 4.16. The van der Waals surface area contributed by atoms with Gasteiger partial charge in [0.1, 0.15) is 11.6 Å². The van der Waals surface area contributed by atoms with Crippen LogP contribution in [0.3, 0.4) is 0 Å². The fourth-order valence-electron chi connectivity index (χ4n) is 1.51. The molecule has 0 fully saturated rings. The lowest BCUT2D eigenvalue weighted by atomic mass is 9.85. The molecule has 2 heteroatoms. The number of carbonyl (C=O) groups excluding carboxylic acids is 2. The van der Waals surface area contributed by atoms with Gasteiger partial charge in [-0.15, -0.1) is 0 Å². The molecule has 0 aromatic heterocycles. The van der Waals surface area contributed by atoms with Gasteiger partial charge in [-0.05, 0) is 12.8 Å². The Hall–Kier alpha value is -0.660. The first-order valence-corrected chi connectivity index (χ1v) is 5.59. The van der Waals surface area contributed by atoms with E-state index in [2.05, 4.69) is 0 Å². The largest absolute Gasteiger partial charge is 0.299 e. The lowest BCUT2D eigenvalue weighted by Crippen LogP contribution is -2.25. The smallest absolute Gasteiger partial charge is 0.136 e. The third kappa shape index (κ3) is 4.03. The molecule has 0 rings (SSSR count). The summed E-state index contributed by atoms with van der Waals surface area (Å²) in [7, 11) is 0. The van der Waals surface area contributed by atoms with Crippen LogP contribution in [-0.2, 0) is 9.59 Å². The van der Waals surface area contributed by atoms with E-state index in [1.807, 2.05) is 27.7 Å². The highest BCUT2D eigenvalue weighted by atomic mass is 16.1. The highest BCUT2D eigenvalue weighted by molar-refractivity contribution is 5.89. The summed E-state index contributed by atoms with van der Waals surface area (Å²) in [5, 5.41) is 0. The second kappa shape index (κ2) is 6.74. The van der Waals surface area contributed by atoms with Crippen LogP contribution in [0.1, 0.15) is 53.4 Å². The van der Waals surface area contributed by atoms with Crippen molar-refractivity contribution in [2.24, 2.45) is 11.8 Å². The van der Waals surface area contributed by atoms with E-state index in [1.54, 1.807) is 0 Å². The van der Waals surface area contributed by atoms with E-state index in [0.29, 0.717) is 12.8 Å². The van der Waals surface area contributed by atoms with Crippen LogP contribution in [0.5, 0.6) is 0 Å². The molecule has 0 heterocycles. The lowest BCUT2D eigenvalue weighted by Gasteiger charge is -2.17. The van der Waals surface area contributed by atoms with Crippen LogP contribution in [0.2, 0.25) is 0 Å². The molecule has 0 spiro atoms. The van der Waals surface area contributed by atoms with Gasteiger partial charge in [0.2, 0.25) is 0 Å². The Labute approximate surface area is 87.1 Å². The average Bonchev–Trinajstić information content (AvgIpc) is 2.16. The Morgan fingerprint density at radius 3 is 1.36 bits per heavy atom. The molecule has 0 saturated heterocycles. The molecule has 0 aromatic carbocycles. The van der Waals surface area contributed by atoms with Gasteiger partial charge in [0, 0.05) is 24.7 Å². The first-order chi connectivity index (χ1) is 6.54. The maximum Gasteiger partial charge on any atom is 0.136 e. The molecular weight excluding hydrogens is 176 g/mol. The lowest BCUT2D eigenvalue weighted by molar-refractivity contribution is -0.131. The predicted octanol–water partition coefficient (Wildman–Crippen LogP) is 3.00. The number of rotatable bonds is 7. The van der Waals surface area contributed by atoms with Gasteiger partial charge in [0.25, 0.3) is 0 Å². The van der Waals surface area contributed by atoms with Gasteiger partial charge in [0.05, 0.1) is 0 Å². The minimum atomic E-state index is -0.103. The Morgan fingerprint density at radius 2 is 1.14 bits per heavy atom. The van der Waals surface area contributed by atoms with Crippen LogP contribution in [0, 0.1) is 11.8 Å². The van der Waals surface area contributed by atoms with Crippen LogP contribution >= 0.6 is 0 Å². The Bertz CT molecular complexity index is 174. The molecule has 0 aliphatic carbocycles. The first-order valence-electron chi connectivity index (χ1n) is 5.59. The molecule has 0 saturated carbocycles. The molecule has 2 unspecified atom stereocenters. The van der Waals surface area contributed by atoms with Crippen molar-refractivity contribution in [1.29, 1.82) is 0 Å². The maximum atomic E-state index is 11.5. The molecule has 0 amide bonds. The standard InChI is InChI=1S/C12H22O2/c1-5-7-11(13)9(3)10(4)12(14)8-6-2/h9-10H,5-8H2,1-4H3. The van der Waals surface area contributed by atoms with Crippen molar-refractivity contribution < 1.29 is 9.59 Å². The van der Waals surface area contributed by atoms with Gasteiger partial charge in [-0.2, -0.15) is 0 Å². The van der Waals surface area contributed by atoms with E-state index in [4.69, 9.17) is 0 Å². The van der Waals surface area contributed by atoms with Crippen molar-refractivity contribution in [3.05, 3.63) is 0 Å². The summed E-state index contributed by atoms with van der Waals surface area (Å²) in [6, 6.07) is 0. The van der Waals surface area contributed by atoms with Gasteiger partial charge in [-0.1, -0.05) is 27.7 Å². The molecule has 2 atom stereocenters. The second-order valence-corrected chi connectivity index (χ2v) is 4.01. The zero-order valence-corrected chi connectivity index (χ0v) is 9.80. The van der Waals surface area contributed by atoms with Crippen molar-refractivity contribution >= 4 is 11.6 Å². The molecule has 0 aliphatic rings. The highest BCUT2D eigenvalue weighted by Gasteiger charge is 2.24.